The summed E-state index contributed by atoms with van der Waals surface area (Å²) in [5.74, 6) is 1.15. The number of para-hydroxylation sites is 1. The van der Waals surface area contributed by atoms with Crippen molar-refractivity contribution in [2.24, 2.45) is 0 Å². The monoisotopic (exact) mass is 526 g/mol. The van der Waals surface area contributed by atoms with Crippen molar-refractivity contribution < 1.29 is 14.3 Å². The molecule has 1 aliphatic carbocycles. The van der Waals surface area contributed by atoms with E-state index < -0.39 is 0 Å². The van der Waals surface area contributed by atoms with Crippen LogP contribution in [0.1, 0.15) is 46.9 Å². The van der Waals surface area contributed by atoms with Gasteiger partial charge in [-0.05, 0) is 56.5 Å². The smallest absolute Gasteiger partial charge is 0.260 e. The Morgan fingerprint density at radius 2 is 1.82 bits per heavy atom. The highest BCUT2D eigenvalue weighted by molar-refractivity contribution is 6.13. The van der Waals surface area contributed by atoms with Gasteiger partial charge >= 0.3 is 0 Å². The molecule has 3 aromatic rings. The van der Waals surface area contributed by atoms with Crippen LogP contribution < -0.4 is 25.2 Å². The average Bonchev–Trinajstić information content (AvgIpc) is 3.66. The summed E-state index contributed by atoms with van der Waals surface area (Å²) < 4.78 is 5.94. The van der Waals surface area contributed by atoms with Crippen LogP contribution in [0.25, 0.3) is 0 Å². The maximum Gasteiger partial charge on any atom is 0.260 e. The number of rotatable bonds is 7. The van der Waals surface area contributed by atoms with E-state index in [1.807, 2.05) is 72.3 Å². The maximum absolute atomic E-state index is 13.3. The second-order valence-electron chi connectivity index (χ2n) is 10.4. The first-order valence-corrected chi connectivity index (χ1v) is 13.6. The highest BCUT2D eigenvalue weighted by atomic mass is 16.5. The van der Waals surface area contributed by atoms with Crippen molar-refractivity contribution in [2.75, 3.05) is 48.9 Å². The Hall–Kier alpha value is -4.11. The van der Waals surface area contributed by atoms with Crippen molar-refractivity contribution in [3.8, 4) is 5.75 Å². The highest BCUT2D eigenvalue weighted by Gasteiger charge is 2.32. The van der Waals surface area contributed by atoms with Crippen LogP contribution in [-0.2, 0) is 0 Å². The molecule has 1 atom stereocenters. The third kappa shape index (κ3) is 4.90. The van der Waals surface area contributed by atoms with Gasteiger partial charge in [0.25, 0.3) is 11.8 Å². The number of hydrogen-bond donors (Lipinski definition) is 2. The largest absolute Gasteiger partial charge is 0.492 e. The van der Waals surface area contributed by atoms with Crippen LogP contribution in [0.4, 0.5) is 28.6 Å². The van der Waals surface area contributed by atoms with Crippen LogP contribution >= 0.6 is 0 Å². The van der Waals surface area contributed by atoms with E-state index in [4.69, 9.17) is 4.74 Å². The summed E-state index contributed by atoms with van der Waals surface area (Å²) in [5.41, 5.74) is 4.37. The van der Waals surface area contributed by atoms with Gasteiger partial charge in [-0.3, -0.25) is 9.59 Å². The van der Waals surface area contributed by atoms with Crippen molar-refractivity contribution in [3.63, 3.8) is 0 Å². The van der Waals surface area contributed by atoms with Gasteiger partial charge in [0.05, 0.1) is 41.1 Å². The van der Waals surface area contributed by atoms with Crippen LogP contribution in [0.3, 0.4) is 0 Å². The molecule has 2 fully saturated rings. The van der Waals surface area contributed by atoms with E-state index in [1.165, 1.54) is 12.8 Å². The number of nitrogens with one attached hydrogen (secondary N) is 2. The molecular weight excluding hydrogens is 492 g/mol. The number of likely N-dealkylation sites (tertiary alicyclic amines) is 1. The molecule has 1 unspecified atom stereocenters. The summed E-state index contributed by atoms with van der Waals surface area (Å²) in [6.45, 7) is 3.89. The van der Waals surface area contributed by atoms with Crippen LogP contribution in [0, 0.1) is 0 Å². The van der Waals surface area contributed by atoms with Crippen LogP contribution in [-0.4, -0.2) is 67.6 Å². The lowest BCUT2D eigenvalue weighted by molar-refractivity contribution is 0.0788. The lowest BCUT2D eigenvalue weighted by Crippen LogP contribution is -2.36. The Morgan fingerprint density at radius 3 is 2.62 bits per heavy atom. The highest BCUT2D eigenvalue weighted by Crippen LogP contribution is 2.40. The zero-order valence-corrected chi connectivity index (χ0v) is 22.6. The molecule has 1 saturated heterocycles. The predicted octanol–water partition coefficient (Wildman–Crippen LogP) is 4.55. The van der Waals surface area contributed by atoms with E-state index in [0.29, 0.717) is 41.4 Å². The molecule has 9 nitrogen and oxygen atoms in total. The Bertz CT molecular complexity index is 1420. The zero-order chi connectivity index (χ0) is 27.1. The van der Waals surface area contributed by atoms with E-state index >= 15 is 0 Å². The number of carbonyl (C=O) groups is 2. The van der Waals surface area contributed by atoms with Gasteiger partial charge in [0, 0.05) is 50.9 Å². The fourth-order valence-electron chi connectivity index (χ4n) is 5.42. The van der Waals surface area contributed by atoms with E-state index in [-0.39, 0.29) is 11.8 Å². The number of anilines is 5. The first-order valence-electron chi connectivity index (χ1n) is 13.6. The fourth-order valence-corrected chi connectivity index (χ4v) is 5.42. The molecule has 2 N–H and O–H groups in total. The second-order valence-corrected chi connectivity index (χ2v) is 10.4. The summed E-state index contributed by atoms with van der Waals surface area (Å²) >= 11 is 0. The van der Waals surface area contributed by atoms with Gasteiger partial charge in [0.15, 0.2) is 0 Å². The molecule has 2 aliphatic heterocycles. The standard InChI is InChI=1S/C30H34N6O3/c1-4-39-27-15-19(29(37)36-14-13-21(18-36)32-20-10-11-20)9-12-23(27)33-28-16-25-26(17-31-28)35(3)30(38)22-7-5-6-8-24(22)34(25)2/h5-9,12,15-17,20-21,32H,4,10-11,13-14,18H2,1-3H3,(H,31,33). The van der Waals surface area contributed by atoms with Gasteiger partial charge in [-0.25, -0.2) is 4.98 Å². The van der Waals surface area contributed by atoms with Crippen molar-refractivity contribution in [2.45, 2.75) is 38.3 Å². The molecule has 1 saturated carbocycles. The number of ether oxygens (including phenoxy) is 1. The summed E-state index contributed by atoms with van der Waals surface area (Å²) in [5, 5.41) is 7.00. The quantitative estimate of drug-likeness (QED) is 0.467. The van der Waals surface area contributed by atoms with E-state index in [2.05, 4.69) is 15.6 Å². The molecule has 6 rings (SSSR count). The lowest BCUT2D eigenvalue weighted by atomic mass is 10.1. The second kappa shape index (κ2) is 10.2. The normalized spacial score (nSPS) is 18.5. The molecule has 2 amide bonds. The Labute approximate surface area is 228 Å². The van der Waals surface area contributed by atoms with Gasteiger partial charge in [0.1, 0.15) is 11.6 Å². The molecule has 39 heavy (non-hydrogen) atoms. The van der Waals surface area contributed by atoms with E-state index in [1.54, 1.807) is 18.1 Å². The molecule has 0 bridgehead atoms. The number of carbonyl (C=O) groups excluding carboxylic acids is 2. The molecule has 2 aromatic carbocycles. The van der Waals surface area contributed by atoms with Crippen LogP contribution in [0.15, 0.2) is 54.7 Å². The minimum absolute atomic E-state index is 0.0266. The van der Waals surface area contributed by atoms with Gasteiger partial charge in [-0.15, -0.1) is 0 Å². The predicted molar refractivity (Wildman–Crippen MR) is 153 cm³/mol. The zero-order valence-electron chi connectivity index (χ0n) is 22.6. The van der Waals surface area contributed by atoms with Crippen molar-refractivity contribution in [1.29, 1.82) is 0 Å². The van der Waals surface area contributed by atoms with Crippen LogP contribution in [0.5, 0.6) is 5.75 Å². The number of pyridine rings is 1. The van der Waals surface area contributed by atoms with Gasteiger partial charge in [0.2, 0.25) is 0 Å². The Balaban J connectivity index is 1.25. The van der Waals surface area contributed by atoms with Gasteiger partial charge in [-0.2, -0.15) is 0 Å². The number of amides is 2. The van der Waals surface area contributed by atoms with Gasteiger partial charge < -0.3 is 30.1 Å². The van der Waals surface area contributed by atoms with E-state index in [9.17, 15) is 9.59 Å². The number of benzene rings is 2. The summed E-state index contributed by atoms with van der Waals surface area (Å²) in [7, 11) is 3.71. The summed E-state index contributed by atoms with van der Waals surface area (Å²) in [4.78, 5) is 36.5. The summed E-state index contributed by atoms with van der Waals surface area (Å²) in [6.07, 6.45) is 5.18. The summed E-state index contributed by atoms with van der Waals surface area (Å²) in [6, 6.07) is 16.0. The molecule has 3 heterocycles. The van der Waals surface area contributed by atoms with Crippen molar-refractivity contribution in [1.82, 2.24) is 15.2 Å². The third-order valence-electron chi connectivity index (χ3n) is 7.70. The minimum Gasteiger partial charge on any atom is -0.492 e. The maximum atomic E-state index is 13.3. The number of nitrogens with zero attached hydrogens (tertiary/aromatic N) is 4. The Kier molecular flexibility index (Phi) is 6.60. The molecule has 0 radical (unpaired) electrons. The lowest BCUT2D eigenvalue weighted by Gasteiger charge is -2.23. The van der Waals surface area contributed by atoms with Crippen molar-refractivity contribution >= 4 is 40.4 Å². The average molecular weight is 527 g/mol. The van der Waals surface area contributed by atoms with Crippen molar-refractivity contribution in [3.05, 3.63) is 65.9 Å². The molecule has 1 aromatic heterocycles. The van der Waals surface area contributed by atoms with Crippen LogP contribution in [0.2, 0.25) is 0 Å². The first kappa shape index (κ1) is 25.2. The van der Waals surface area contributed by atoms with E-state index in [0.717, 1.165) is 42.3 Å². The first-order chi connectivity index (χ1) is 18.9. The molecule has 9 heteroatoms. The van der Waals surface area contributed by atoms with Gasteiger partial charge in [-0.1, -0.05) is 12.1 Å². The number of hydrogen-bond acceptors (Lipinski definition) is 7. The fraction of sp³-hybridized carbons (Fsp3) is 0.367. The SMILES string of the molecule is CCOc1cc(C(=O)N2CCC(NC3CC3)C2)ccc1Nc1cc2c(cn1)N(C)C(=O)c1ccccc1N2C. The molecule has 0 spiro atoms. The minimum atomic E-state index is -0.0785. The molecule has 3 aliphatic rings. The Morgan fingerprint density at radius 1 is 1.00 bits per heavy atom. The topological polar surface area (TPSA) is 90.0 Å². The molecule has 202 valence electrons. The number of fused-ring (bicyclic) bond motifs is 2. The molecular formula is C30H34N6O3. The third-order valence-corrected chi connectivity index (χ3v) is 7.70. The number of aromatic nitrogens is 1.